The van der Waals surface area contributed by atoms with E-state index in [0.29, 0.717) is 5.75 Å². The van der Waals surface area contributed by atoms with Gasteiger partial charge in [0.2, 0.25) is 0 Å². The molecule has 0 bridgehead atoms. The van der Waals surface area contributed by atoms with E-state index >= 15 is 0 Å². The molecule has 2 aromatic carbocycles. The second-order valence-electron chi connectivity index (χ2n) is 5.05. The molecule has 0 spiro atoms. The van der Waals surface area contributed by atoms with Crippen molar-refractivity contribution in [3.63, 3.8) is 0 Å². The summed E-state index contributed by atoms with van der Waals surface area (Å²) in [4.78, 5) is 13.4. The molecule has 25 heavy (non-hydrogen) atoms. The standard InChI is InChI=1S/C18H16N2OS4/c1-22-15-9-7-13(8-10-15)11-23-17-19-20-18(25-17)24-12-16(21)14-5-3-2-4-6-14/h2-10H,11-12H2,1H3. The topological polar surface area (TPSA) is 42.9 Å². The second-order valence-corrected chi connectivity index (χ2v) is 9.35. The molecule has 3 nitrogen and oxygen atoms in total. The fourth-order valence-corrected chi connectivity index (χ4v) is 5.29. The van der Waals surface area contributed by atoms with E-state index in [4.69, 9.17) is 0 Å². The van der Waals surface area contributed by atoms with E-state index in [1.165, 1.54) is 22.2 Å². The van der Waals surface area contributed by atoms with Crippen LogP contribution in [0.3, 0.4) is 0 Å². The third-order valence-electron chi connectivity index (χ3n) is 3.33. The number of nitrogens with zero attached hydrogens (tertiary/aromatic N) is 2. The van der Waals surface area contributed by atoms with Crippen molar-refractivity contribution in [3.05, 3.63) is 65.7 Å². The van der Waals surface area contributed by atoms with Crippen LogP contribution in [0, 0.1) is 0 Å². The van der Waals surface area contributed by atoms with Crippen molar-refractivity contribution >= 4 is 52.4 Å². The number of Topliss-reactive ketones (excluding diaryl/α,β-unsaturated/α-hetero) is 1. The molecule has 0 amide bonds. The van der Waals surface area contributed by atoms with Crippen molar-refractivity contribution in [1.29, 1.82) is 0 Å². The van der Waals surface area contributed by atoms with Gasteiger partial charge < -0.3 is 0 Å². The Morgan fingerprint density at radius 2 is 1.64 bits per heavy atom. The number of aromatic nitrogens is 2. The highest BCUT2D eigenvalue weighted by atomic mass is 32.2. The number of benzene rings is 2. The SMILES string of the molecule is CSc1ccc(CSc2nnc(SCC(=O)c3ccccc3)s2)cc1. The first-order chi connectivity index (χ1) is 12.2. The van der Waals surface area contributed by atoms with Crippen LogP contribution in [0.5, 0.6) is 0 Å². The molecule has 0 N–H and O–H groups in total. The lowest BCUT2D eigenvalue weighted by Crippen LogP contribution is -2.01. The first-order valence-electron chi connectivity index (χ1n) is 7.55. The average molecular weight is 405 g/mol. The van der Waals surface area contributed by atoms with Gasteiger partial charge in [0.25, 0.3) is 0 Å². The molecule has 0 saturated heterocycles. The summed E-state index contributed by atoms with van der Waals surface area (Å²) in [6, 6.07) is 17.9. The molecule has 0 unspecified atom stereocenters. The monoisotopic (exact) mass is 404 g/mol. The van der Waals surface area contributed by atoms with Gasteiger partial charge in [0.1, 0.15) is 0 Å². The zero-order chi connectivity index (χ0) is 17.5. The van der Waals surface area contributed by atoms with Crippen molar-refractivity contribution in [2.45, 2.75) is 19.3 Å². The van der Waals surface area contributed by atoms with Crippen LogP contribution < -0.4 is 0 Å². The molecular weight excluding hydrogens is 388 g/mol. The number of hydrogen-bond donors (Lipinski definition) is 0. The van der Waals surface area contributed by atoms with Crippen LogP contribution in [-0.4, -0.2) is 28.0 Å². The Morgan fingerprint density at radius 3 is 2.32 bits per heavy atom. The lowest BCUT2D eigenvalue weighted by molar-refractivity contribution is 0.102. The van der Waals surface area contributed by atoms with Gasteiger partial charge in [-0.1, -0.05) is 77.3 Å². The molecule has 0 aliphatic heterocycles. The van der Waals surface area contributed by atoms with Gasteiger partial charge in [0.15, 0.2) is 14.5 Å². The van der Waals surface area contributed by atoms with Crippen LogP contribution in [-0.2, 0) is 5.75 Å². The maximum atomic E-state index is 12.1. The summed E-state index contributed by atoms with van der Waals surface area (Å²) in [6.45, 7) is 0. The van der Waals surface area contributed by atoms with Crippen LogP contribution in [0.25, 0.3) is 0 Å². The Labute approximate surface area is 164 Å². The van der Waals surface area contributed by atoms with Gasteiger partial charge in [-0.15, -0.1) is 22.0 Å². The van der Waals surface area contributed by atoms with Gasteiger partial charge in [-0.3, -0.25) is 4.79 Å². The maximum Gasteiger partial charge on any atom is 0.175 e. The Bertz CT molecular complexity index is 819. The van der Waals surface area contributed by atoms with E-state index in [0.717, 1.165) is 20.0 Å². The Morgan fingerprint density at radius 1 is 0.960 bits per heavy atom. The highest BCUT2D eigenvalue weighted by Crippen LogP contribution is 2.31. The molecule has 0 aliphatic carbocycles. The third-order valence-corrected chi connectivity index (χ3v) is 7.34. The van der Waals surface area contributed by atoms with Gasteiger partial charge in [-0.05, 0) is 24.0 Å². The number of thioether (sulfide) groups is 3. The molecule has 1 heterocycles. The molecular formula is C18H16N2OS4. The molecule has 0 radical (unpaired) electrons. The van der Waals surface area contributed by atoms with Crippen LogP contribution in [0.1, 0.15) is 15.9 Å². The molecule has 128 valence electrons. The predicted octanol–water partition coefficient (Wildman–Crippen LogP) is 5.53. The molecule has 0 atom stereocenters. The summed E-state index contributed by atoms with van der Waals surface area (Å²) in [5.74, 6) is 1.37. The molecule has 0 aliphatic rings. The minimum Gasteiger partial charge on any atom is -0.293 e. The van der Waals surface area contributed by atoms with E-state index in [1.807, 2.05) is 30.3 Å². The quantitative estimate of drug-likeness (QED) is 0.363. The summed E-state index contributed by atoms with van der Waals surface area (Å²) in [6.07, 6.45) is 2.08. The zero-order valence-corrected chi connectivity index (χ0v) is 16.8. The first-order valence-corrected chi connectivity index (χ1v) is 11.6. The smallest absolute Gasteiger partial charge is 0.175 e. The largest absolute Gasteiger partial charge is 0.293 e. The molecule has 7 heteroatoms. The van der Waals surface area contributed by atoms with Gasteiger partial charge >= 0.3 is 0 Å². The fourth-order valence-electron chi connectivity index (χ4n) is 2.02. The third kappa shape index (κ3) is 5.60. The summed E-state index contributed by atoms with van der Waals surface area (Å²) < 4.78 is 1.77. The fraction of sp³-hybridized carbons (Fsp3) is 0.167. The maximum absolute atomic E-state index is 12.1. The van der Waals surface area contributed by atoms with Crippen LogP contribution in [0.4, 0.5) is 0 Å². The minimum atomic E-state index is 0.115. The Hall–Kier alpha value is -1.28. The first kappa shape index (κ1) is 18.5. The Kier molecular flexibility index (Phi) is 6.98. The van der Waals surface area contributed by atoms with E-state index in [-0.39, 0.29) is 5.78 Å². The van der Waals surface area contributed by atoms with Crippen molar-refractivity contribution in [1.82, 2.24) is 10.2 Å². The number of ketones is 1. The average Bonchev–Trinajstić information content (AvgIpc) is 3.13. The van der Waals surface area contributed by atoms with E-state index in [1.54, 1.807) is 34.9 Å². The highest BCUT2D eigenvalue weighted by Gasteiger charge is 2.10. The molecule has 3 aromatic rings. The molecule has 1 aromatic heterocycles. The summed E-state index contributed by atoms with van der Waals surface area (Å²) in [5, 5.41) is 8.39. The van der Waals surface area contributed by atoms with Crippen molar-refractivity contribution in [3.8, 4) is 0 Å². The van der Waals surface area contributed by atoms with Gasteiger partial charge in [-0.25, -0.2) is 0 Å². The lowest BCUT2D eigenvalue weighted by Gasteiger charge is -2.00. The number of carbonyl (C=O) groups is 1. The summed E-state index contributed by atoms with van der Waals surface area (Å²) >= 11 is 6.42. The van der Waals surface area contributed by atoms with Gasteiger partial charge in [0, 0.05) is 16.2 Å². The van der Waals surface area contributed by atoms with E-state index in [9.17, 15) is 4.79 Å². The molecule has 0 saturated carbocycles. The number of carbonyl (C=O) groups excluding carboxylic acids is 1. The normalized spacial score (nSPS) is 10.8. The lowest BCUT2D eigenvalue weighted by atomic mass is 10.2. The van der Waals surface area contributed by atoms with Crippen molar-refractivity contribution in [2.24, 2.45) is 0 Å². The van der Waals surface area contributed by atoms with Gasteiger partial charge in [0.05, 0.1) is 5.75 Å². The molecule has 0 fully saturated rings. The van der Waals surface area contributed by atoms with Crippen molar-refractivity contribution in [2.75, 3.05) is 12.0 Å². The summed E-state index contributed by atoms with van der Waals surface area (Å²) in [7, 11) is 0. The number of rotatable bonds is 8. The van der Waals surface area contributed by atoms with E-state index < -0.39 is 0 Å². The van der Waals surface area contributed by atoms with Crippen LogP contribution in [0.15, 0.2) is 68.2 Å². The summed E-state index contributed by atoms with van der Waals surface area (Å²) in [5.41, 5.74) is 2.01. The predicted molar refractivity (Wildman–Crippen MR) is 109 cm³/mol. The number of hydrogen-bond acceptors (Lipinski definition) is 7. The minimum absolute atomic E-state index is 0.115. The zero-order valence-electron chi connectivity index (χ0n) is 13.5. The van der Waals surface area contributed by atoms with Gasteiger partial charge in [-0.2, -0.15) is 0 Å². The van der Waals surface area contributed by atoms with Crippen molar-refractivity contribution < 1.29 is 4.79 Å². The van der Waals surface area contributed by atoms with Crippen LogP contribution >= 0.6 is 46.6 Å². The Balaban J connectivity index is 1.49. The van der Waals surface area contributed by atoms with Crippen LogP contribution in [0.2, 0.25) is 0 Å². The second kappa shape index (κ2) is 9.43. The highest BCUT2D eigenvalue weighted by molar-refractivity contribution is 8.03. The molecule has 3 rings (SSSR count). The van der Waals surface area contributed by atoms with E-state index in [2.05, 4.69) is 40.7 Å².